The molecule has 1 fully saturated rings. The first-order valence-corrected chi connectivity index (χ1v) is 11.4. The molecule has 0 aliphatic carbocycles. The summed E-state index contributed by atoms with van der Waals surface area (Å²) in [4.78, 5) is 29.6. The Morgan fingerprint density at radius 1 is 1.18 bits per heavy atom. The summed E-state index contributed by atoms with van der Waals surface area (Å²) in [5.41, 5.74) is 0.767. The highest BCUT2D eigenvalue weighted by Gasteiger charge is 2.46. The molecule has 4 rings (SSSR count). The van der Waals surface area contributed by atoms with Gasteiger partial charge in [0.05, 0.1) is 23.2 Å². The summed E-state index contributed by atoms with van der Waals surface area (Å²) < 4.78 is 16.7. The highest BCUT2D eigenvalue weighted by Crippen LogP contribution is 2.45. The predicted octanol–water partition coefficient (Wildman–Crippen LogP) is 2.92. The van der Waals surface area contributed by atoms with Crippen LogP contribution in [0.4, 0.5) is 0 Å². The van der Waals surface area contributed by atoms with E-state index in [-0.39, 0.29) is 29.4 Å². The number of likely N-dealkylation sites (tertiary alicyclic amines) is 1. The lowest BCUT2D eigenvalue weighted by Crippen LogP contribution is -2.35. The molecule has 180 valence electrons. The minimum Gasteiger partial charge on any atom is -0.507 e. The van der Waals surface area contributed by atoms with Gasteiger partial charge in [-0.05, 0) is 65.9 Å². The molecule has 1 unspecified atom stereocenters. The number of carbonyl (C=O) groups excluding carboxylic acids is 2. The number of ether oxygens (including phenoxy) is 3. The van der Waals surface area contributed by atoms with E-state index in [1.807, 2.05) is 19.0 Å². The van der Waals surface area contributed by atoms with Gasteiger partial charge in [0.2, 0.25) is 0 Å². The lowest BCUT2D eigenvalue weighted by molar-refractivity contribution is -0.140. The van der Waals surface area contributed by atoms with Crippen LogP contribution in [0.25, 0.3) is 5.76 Å². The Kier molecular flexibility index (Phi) is 6.72. The Labute approximate surface area is 205 Å². The molecule has 0 bridgehead atoms. The van der Waals surface area contributed by atoms with Crippen molar-refractivity contribution in [3.63, 3.8) is 0 Å². The first-order valence-electron chi connectivity index (χ1n) is 10.6. The first kappa shape index (κ1) is 23.9. The predicted molar refractivity (Wildman–Crippen MR) is 127 cm³/mol. The van der Waals surface area contributed by atoms with Gasteiger partial charge < -0.3 is 34.2 Å². The summed E-state index contributed by atoms with van der Waals surface area (Å²) in [5, 5.41) is 21.5. The van der Waals surface area contributed by atoms with Gasteiger partial charge in [-0.25, -0.2) is 0 Å². The Morgan fingerprint density at radius 3 is 2.56 bits per heavy atom. The molecule has 2 heterocycles. The van der Waals surface area contributed by atoms with Crippen LogP contribution in [0.2, 0.25) is 0 Å². The molecule has 0 aromatic heterocycles. The van der Waals surface area contributed by atoms with Crippen molar-refractivity contribution in [2.24, 2.45) is 0 Å². The standard InChI is InChI=1S/C24H25BrN2O7/c1-26(2)6-7-27-20(14-10-15(25)22(29)18(12-14)32-3)19(23(30)24(27)31)21(28)13-4-5-16-17(11-13)34-9-8-33-16/h4-5,10-12,20,28-29H,6-9H2,1-3H3/b21-19-. The number of nitrogens with zero attached hydrogens (tertiary/aromatic N) is 2. The summed E-state index contributed by atoms with van der Waals surface area (Å²) in [6, 6.07) is 7.12. The number of aliphatic hydroxyl groups excluding tert-OH is 1. The number of aliphatic hydroxyl groups is 1. The summed E-state index contributed by atoms with van der Waals surface area (Å²) in [5.74, 6) is -0.782. The van der Waals surface area contributed by atoms with E-state index in [9.17, 15) is 19.8 Å². The fourth-order valence-electron chi connectivity index (χ4n) is 4.02. The van der Waals surface area contributed by atoms with Gasteiger partial charge in [0.15, 0.2) is 23.0 Å². The molecular weight excluding hydrogens is 508 g/mol. The fourth-order valence-corrected chi connectivity index (χ4v) is 4.48. The second-order valence-electron chi connectivity index (χ2n) is 8.21. The number of carbonyl (C=O) groups is 2. The molecule has 1 saturated heterocycles. The van der Waals surface area contributed by atoms with Gasteiger partial charge in [0, 0.05) is 18.7 Å². The van der Waals surface area contributed by atoms with Crippen molar-refractivity contribution in [3.05, 3.63) is 51.5 Å². The highest BCUT2D eigenvalue weighted by molar-refractivity contribution is 9.10. The van der Waals surface area contributed by atoms with Crippen molar-refractivity contribution < 1.29 is 34.0 Å². The molecule has 0 radical (unpaired) electrons. The zero-order valence-corrected chi connectivity index (χ0v) is 20.6. The van der Waals surface area contributed by atoms with Gasteiger partial charge >= 0.3 is 0 Å². The third-order valence-corrected chi connectivity index (χ3v) is 6.33. The molecule has 0 spiro atoms. The number of methoxy groups -OCH3 is 1. The SMILES string of the molecule is COc1cc(C2/C(=C(/O)c3ccc4c(c3)OCCO4)C(=O)C(=O)N2CCN(C)C)cc(Br)c1O. The van der Waals surface area contributed by atoms with Crippen LogP contribution >= 0.6 is 15.9 Å². The zero-order chi connectivity index (χ0) is 24.6. The maximum atomic E-state index is 13.2. The number of amides is 1. The van der Waals surface area contributed by atoms with E-state index >= 15 is 0 Å². The van der Waals surface area contributed by atoms with Crippen LogP contribution in [-0.4, -0.2) is 79.2 Å². The average molecular weight is 533 g/mol. The Balaban J connectivity index is 1.88. The Morgan fingerprint density at radius 2 is 1.88 bits per heavy atom. The fraction of sp³-hybridized carbons (Fsp3) is 0.333. The van der Waals surface area contributed by atoms with Gasteiger partial charge in [-0.1, -0.05) is 0 Å². The Hall–Kier alpha value is -3.24. The van der Waals surface area contributed by atoms with Crippen LogP contribution in [0.5, 0.6) is 23.0 Å². The number of ketones is 1. The van der Waals surface area contributed by atoms with Crippen molar-refractivity contribution >= 4 is 33.4 Å². The number of hydrogen-bond acceptors (Lipinski definition) is 8. The number of benzene rings is 2. The smallest absolute Gasteiger partial charge is 0.295 e. The molecule has 1 amide bonds. The second-order valence-corrected chi connectivity index (χ2v) is 9.06. The molecule has 0 saturated carbocycles. The summed E-state index contributed by atoms with van der Waals surface area (Å²) in [6.45, 7) is 1.55. The van der Waals surface area contributed by atoms with Crippen LogP contribution in [0.15, 0.2) is 40.4 Å². The maximum absolute atomic E-state index is 13.2. The first-order chi connectivity index (χ1) is 16.2. The third-order valence-electron chi connectivity index (χ3n) is 5.73. The van der Waals surface area contributed by atoms with Crippen molar-refractivity contribution in [3.8, 4) is 23.0 Å². The van der Waals surface area contributed by atoms with Crippen molar-refractivity contribution in [2.75, 3.05) is 47.5 Å². The van der Waals surface area contributed by atoms with E-state index < -0.39 is 17.7 Å². The average Bonchev–Trinajstić information content (AvgIpc) is 3.08. The number of likely N-dealkylation sites (N-methyl/N-ethyl adjacent to an activating group) is 1. The number of aromatic hydroxyl groups is 1. The van der Waals surface area contributed by atoms with Crippen molar-refractivity contribution in [2.45, 2.75) is 6.04 Å². The molecule has 1 atom stereocenters. The number of Topliss-reactive ketones (excluding diaryl/α,β-unsaturated/α-hetero) is 1. The number of rotatable bonds is 6. The van der Waals surface area contributed by atoms with Crippen LogP contribution in [0, 0.1) is 0 Å². The van der Waals surface area contributed by atoms with Crippen LogP contribution in [0.3, 0.4) is 0 Å². The Bertz CT molecular complexity index is 1180. The topological polar surface area (TPSA) is 109 Å². The number of phenols is 1. The van der Waals surface area contributed by atoms with E-state index in [2.05, 4.69) is 15.9 Å². The van der Waals surface area contributed by atoms with Crippen molar-refractivity contribution in [1.29, 1.82) is 0 Å². The maximum Gasteiger partial charge on any atom is 0.295 e. The van der Waals surface area contributed by atoms with Gasteiger partial charge in [-0.15, -0.1) is 0 Å². The van der Waals surface area contributed by atoms with E-state index in [1.54, 1.807) is 30.3 Å². The van der Waals surface area contributed by atoms with E-state index in [4.69, 9.17) is 14.2 Å². The van der Waals surface area contributed by atoms with Crippen LogP contribution < -0.4 is 14.2 Å². The van der Waals surface area contributed by atoms with Gasteiger partial charge in [0.25, 0.3) is 11.7 Å². The number of halogens is 1. The van der Waals surface area contributed by atoms with E-state index in [0.717, 1.165) is 0 Å². The molecule has 10 heteroatoms. The van der Waals surface area contributed by atoms with Gasteiger partial charge in [-0.3, -0.25) is 9.59 Å². The molecule has 2 aromatic rings. The molecule has 2 N–H and O–H groups in total. The molecule has 9 nitrogen and oxygen atoms in total. The lowest BCUT2D eigenvalue weighted by atomic mass is 9.94. The lowest BCUT2D eigenvalue weighted by Gasteiger charge is -2.27. The molecule has 2 aliphatic heterocycles. The van der Waals surface area contributed by atoms with Crippen LogP contribution in [0.1, 0.15) is 17.2 Å². The number of phenolic OH excluding ortho intramolecular Hbond substituents is 1. The van der Waals surface area contributed by atoms with Gasteiger partial charge in [0.1, 0.15) is 19.0 Å². The molecular formula is C24H25BrN2O7. The molecule has 2 aliphatic rings. The zero-order valence-electron chi connectivity index (χ0n) is 19.0. The second kappa shape index (κ2) is 9.55. The van der Waals surface area contributed by atoms with Crippen LogP contribution in [-0.2, 0) is 9.59 Å². The molecule has 2 aromatic carbocycles. The van der Waals surface area contributed by atoms with E-state index in [1.165, 1.54) is 12.0 Å². The summed E-state index contributed by atoms with van der Waals surface area (Å²) in [6.07, 6.45) is 0. The largest absolute Gasteiger partial charge is 0.507 e. The number of hydrogen-bond donors (Lipinski definition) is 2. The highest BCUT2D eigenvalue weighted by atomic mass is 79.9. The normalized spacial score (nSPS) is 19.1. The van der Waals surface area contributed by atoms with Gasteiger partial charge in [-0.2, -0.15) is 0 Å². The monoisotopic (exact) mass is 532 g/mol. The summed E-state index contributed by atoms with van der Waals surface area (Å²) >= 11 is 3.30. The number of fused-ring (bicyclic) bond motifs is 1. The van der Waals surface area contributed by atoms with E-state index in [0.29, 0.717) is 46.9 Å². The van der Waals surface area contributed by atoms with Crippen molar-refractivity contribution in [1.82, 2.24) is 9.80 Å². The molecule has 34 heavy (non-hydrogen) atoms. The third kappa shape index (κ3) is 4.30. The minimum atomic E-state index is -0.890. The summed E-state index contributed by atoms with van der Waals surface area (Å²) in [7, 11) is 5.13. The quantitative estimate of drug-likeness (QED) is 0.332. The minimum absolute atomic E-state index is 0.0555.